The van der Waals surface area contributed by atoms with Crippen LogP contribution in [0.1, 0.15) is 24.8 Å². The molecule has 4 rings (SSSR count). The highest BCUT2D eigenvalue weighted by atomic mass is 32.1. The second-order valence-electron chi connectivity index (χ2n) is 6.50. The first-order valence-electron chi connectivity index (χ1n) is 8.89. The number of nitrogens with one attached hydrogen (secondary N) is 2. The Morgan fingerprint density at radius 2 is 1.79 bits per heavy atom. The lowest BCUT2D eigenvalue weighted by Gasteiger charge is -2.10. The van der Waals surface area contributed by atoms with Crippen molar-refractivity contribution in [3.05, 3.63) is 53.7 Å². The van der Waals surface area contributed by atoms with E-state index < -0.39 is 0 Å². The van der Waals surface area contributed by atoms with Crippen LogP contribution >= 0.6 is 11.3 Å². The van der Waals surface area contributed by atoms with Gasteiger partial charge in [0.25, 0.3) is 0 Å². The third kappa shape index (κ3) is 3.86. The third-order valence-electron chi connectivity index (χ3n) is 4.12. The lowest BCUT2D eigenvalue weighted by molar-refractivity contribution is 0.415. The number of pyridine rings is 2. The fraction of sp³-hybridized carbons (Fsp3) is 0.200. The number of nitrogens with zero attached hydrogens (tertiary/aromatic N) is 4. The van der Waals surface area contributed by atoms with Crippen LogP contribution in [0.15, 0.2) is 48.7 Å². The second kappa shape index (κ2) is 7.77. The summed E-state index contributed by atoms with van der Waals surface area (Å²) in [5.74, 6) is 1.86. The summed E-state index contributed by atoms with van der Waals surface area (Å²) in [6, 6.07) is 13.5. The molecule has 0 unspecified atom stereocenters. The van der Waals surface area contributed by atoms with Crippen LogP contribution in [0.4, 0.5) is 22.3 Å². The molecule has 28 heavy (non-hydrogen) atoms. The molecule has 0 aliphatic heterocycles. The van der Waals surface area contributed by atoms with E-state index in [-0.39, 0.29) is 0 Å². The van der Waals surface area contributed by atoms with Gasteiger partial charge in [-0.15, -0.1) is 10.2 Å². The summed E-state index contributed by atoms with van der Waals surface area (Å²) in [6.07, 6.45) is 1.77. The van der Waals surface area contributed by atoms with E-state index in [2.05, 4.69) is 39.7 Å². The van der Waals surface area contributed by atoms with Crippen LogP contribution < -0.4 is 15.4 Å². The molecule has 0 atom stereocenters. The predicted octanol–water partition coefficient (Wildman–Crippen LogP) is 5.10. The number of benzene rings is 1. The summed E-state index contributed by atoms with van der Waals surface area (Å²) in [5, 5.41) is 16.8. The van der Waals surface area contributed by atoms with Crippen molar-refractivity contribution in [1.82, 2.24) is 20.2 Å². The molecule has 0 amide bonds. The Morgan fingerprint density at radius 3 is 2.50 bits per heavy atom. The SMILES string of the molecule is COc1ccc(Nc2ccnc3ccc(Nc4nnc(C(C)C)s4)nc23)cc1. The van der Waals surface area contributed by atoms with Gasteiger partial charge in [0, 0.05) is 17.8 Å². The smallest absolute Gasteiger partial charge is 0.211 e. The highest BCUT2D eigenvalue weighted by Gasteiger charge is 2.10. The summed E-state index contributed by atoms with van der Waals surface area (Å²) >= 11 is 1.54. The van der Waals surface area contributed by atoms with Crippen molar-refractivity contribution >= 4 is 44.7 Å². The van der Waals surface area contributed by atoms with E-state index in [9.17, 15) is 0 Å². The molecule has 7 nitrogen and oxygen atoms in total. The number of rotatable bonds is 6. The van der Waals surface area contributed by atoms with Crippen LogP contribution in [0.25, 0.3) is 11.0 Å². The molecular formula is C20H20N6OS. The summed E-state index contributed by atoms with van der Waals surface area (Å²) in [4.78, 5) is 9.14. The standard InChI is InChI=1S/C20H20N6OS/c1-12(2)19-25-26-20(28-19)24-17-9-8-15-18(23-17)16(10-11-21-15)22-13-4-6-14(27-3)7-5-13/h4-12H,1-3H3,(H,21,22)(H,23,24,26). The molecule has 1 aromatic carbocycles. The normalized spacial score (nSPS) is 11.0. The van der Waals surface area contributed by atoms with Gasteiger partial charge >= 0.3 is 0 Å². The van der Waals surface area contributed by atoms with Gasteiger partial charge in [0.1, 0.15) is 22.1 Å². The molecule has 0 aliphatic carbocycles. The van der Waals surface area contributed by atoms with Crippen LogP contribution in [0.2, 0.25) is 0 Å². The molecule has 3 heterocycles. The highest BCUT2D eigenvalue weighted by Crippen LogP contribution is 2.28. The number of hydrogen-bond donors (Lipinski definition) is 2. The summed E-state index contributed by atoms with van der Waals surface area (Å²) in [6.45, 7) is 4.20. The first-order valence-corrected chi connectivity index (χ1v) is 9.71. The number of ether oxygens (including phenoxy) is 1. The van der Waals surface area contributed by atoms with E-state index in [1.807, 2.05) is 42.5 Å². The third-order valence-corrected chi connectivity index (χ3v) is 5.26. The average molecular weight is 392 g/mol. The van der Waals surface area contributed by atoms with Gasteiger partial charge in [-0.3, -0.25) is 4.98 Å². The summed E-state index contributed by atoms with van der Waals surface area (Å²) in [7, 11) is 1.65. The van der Waals surface area contributed by atoms with Crippen molar-refractivity contribution in [2.24, 2.45) is 0 Å². The zero-order chi connectivity index (χ0) is 19.5. The van der Waals surface area contributed by atoms with Crippen LogP contribution in [0.5, 0.6) is 5.75 Å². The van der Waals surface area contributed by atoms with Crippen LogP contribution in [-0.4, -0.2) is 27.3 Å². The predicted molar refractivity (Wildman–Crippen MR) is 113 cm³/mol. The molecule has 0 aliphatic rings. The number of anilines is 4. The maximum Gasteiger partial charge on any atom is 0.211 e. The maximum absolute atomic E-state index is 5.21. The van der Waals surface area contributed by atoms with Crippen molar-refractivity contribution in [3.63, 3.8) is 0 Å². The topological polar surface area (TPSA) is 84.9 Å². The van der Waals surface area contributed by atoms with Crippen molar-refractivity contribution < 1.29 is 4.74 Å². The molecule has 0 fully saturated rings. The Kier molecular flexibility index (Phi) is 5.03. The monoisotopic (exact) mass is 392 g/mol. The Hall–Kier alpha value is -3.26. The van der Waals surface area contributed by atoms with Crippen molar-refractivity contribution in [2.45, 2.75) is 19.8 Å². The van der Waals surface area contributed by atoms with E-state index in [0.717, 1.165) is 38.3 Å². The number of methoxy groups -OCH3 is 1. The van der Waals surface area contributed by atoms with E-state index in [1.165, 1.54) is 11.3 Å². The van der Waals surface area contributed by atoms with Gasteiger partial charge in [-0.2, -0.15) is 0 Å². The first kappa shape index (κ1) is 18.1. The number of fused-ring (bicyclic) bond motifs is 1. The Bertz CT molecular complexity index is 1090. The fourth-order valence-corrected chi connectivity index (χ4v) is 3.41. The zero-order valence-electron chi connectivity index (χ0n) is 15.8. The summed E-state index contributed by atoms with van der Waals surface area (Å²) in [5.41, 5.74) is 3.40. The van der Waals surface area contributed by atoms with E-state index >= 15 is 0 Å². The highest BCUT2D eigenvalue weighted by molar-refractivity contribution is 7.15. The first-order chi connectivity index (χ1) is 13.6. The summed E-state index contributed by atoms with van der Waals surface area (Å²) < 4.78 is 5.21. The van der Waals surface area contributed by atoms with Gasteiger partial charge in [-0.25, -0.2) is 4.98 Å². The Labute approximate surface area is 166 Å². The van der Waals surface area contributed by atoms with Crippen LogP contribution in [-0.2, 0) is 0 Å². The van der Waals surface area contributed by atoms with Gasteiger partial charge in [0.2, 0.25) is 5.13 Å². The van der Waals surface area contributed by atoms with Crippen LogP contribution in [0, 0.1) is 0 Å². The molecule has 0 bridgehead atoms. The van der Waals surface area contributed by atoms with Gasteiger partial charge in [0.05, 0.1) is 18.3 Å². The minimum absolute atomic E-state index is 0.349. The molecule has 2 N–H and O–H groups in total. The zero-order valence-corrected chi connectivity index (χ0v) is 16.6. The molecule has 142 valence electrons. The molecule has 0 saturated carbocycles. The van der Waals surface area contributed by atoms with Crippen molar-refractivity contribution in [2.75, 3.05) is 17.7 Å². The molecule has 3 aromatic heterocycles. The Balaban J connectivity index is 1.62. The number of hydrogen-bond acceptors (Lipinski definition) is 8. The van der Waals surface area contributed by atoms with E-state index in [1.54, 1.807) is 13.3 Å². The lowest BCUT2D eigenvalue weighted by atomic mass is 10.2. The minimum Gasteiger partial charge on any atom is -0.497 e. The van der Waals surface area contributed by atoms with Gasteiger partial charge in [-0.05, 0) is 42.5 Å². The van der Waals surface area contributed by atoms with Crippen LogP contribution in [0.3, 0.4) is 0 Å². The quantitative estimate of drug-likeness (QED) is 0.472. The molecule has 0 saturated heterocycles. The fourth-order valence-electron chi connectivity index (χ4n) is 2.65. The molecule has 0 radical (unpaired) electrons. The second-order valence-corrected chi connectivity index (χ2v) is 7.51. The molecule has 8 heteroatoms. The van der Waals surface area contributed by atoms with Crippen molar-refractivity contribution in [3.8, 4) is 5.75 Å². The minimum atomic E-state index is 0.349. The average Bonchev–Trinajstić information content (AvgIpc) is 3.18. The van der Waals surface area contributed by atoms with Gasteiger partial charge < -0.3 is 15.4 Å². The molecule has 0 spiro atoms. The van der Waals surface area contributed by atoms with E-state index in [4.69, 9.17) is 9.72 Å². The van der Waals surface area contributed by atoms with Gasteiger partial charge in [0.15, 0.2) is 0 Å². The molecular weight excluding hydrogens is 372 g/mol. The van der Waals surface area contributed by atoms with Gasteiger partial charge in [-0.1, -0.05) is 25.2 Å². The lowest BCUT2D eigenvalue weighted by Crippen LogP contribution is -1.98. The van der Waals surface area contributed by atoms with E-state index in [0.29, 0.717) is 11.7 Å². The largest absolute Gasteiger partial charge is 0.497 e. The van der Waals surface area contributed by atoms with Crippen molar-refractivity contribution in [1.29, 1.82) is 0 Å². The Morgan fingerprint density at radius 1 is 0.964 bits per heavy atom. The maximum atomic E-state index is 5.21. The number of aromatic nitrogens is 4. The molecule has 4 aromatic rings.